The van der Waals surface area contributed by atoms with Gasteiger partial charge in [0.05, 0.1) is 6.21 Å². The van der Waals surface area contributed by atoms with Crippen molar-refractivity contribution in [1.29, 1.82) is 0 Å². The lowest BCUT2D eigenvalue weighted by Gasteiger charge is -2.06. The Balaban J connectivity index is 2.07. The van der Waals surface area contributed by atoms with Crippen LogP contribution in [0.3, 0.4) is 0 Å². The Bertz CT molecular complexity index is 1090. The maximum atomic E-state index is 12.4. The van der Waals surface area contributed by atoms with Gasteiger partial charge in [0.1, 0.15) is 0 Å². The summed E-state index contributed by atoms with van der Waals surface area (Å²) in [5.74, 6) is 0.374. The van der Waals surface area contributed by atoms with E-state index in [2.05, 4.69) is 15.5 Å². The molecule has 0 bridgehead atoms. The number of halogens is 1. The van der Waals surface area contributed by atoms with E-state index >= 15 is 0 Å². The Morgan fingerprint density at radius 1 is 1.24 bits per heavy atom. The standard InChI is InChI=1S/C16H17ClN6O2/c1-4-23-12-13(21(2)16(25)22(3)14(12)24)19-15(23)20-18-9-10-7-5-6-8-11(10)17/h5-9H,4H2,1-3H3,(H,19,20)/b18-9+. The highest BCUT2D eigenvalue weighted by atomic mass is 35.5. The maximum Gasteiger partial charge on any atom is 0.332 e. The highest BCUT2D eigenvalue weighted by Gasteiger charge is 2.17. The molecule has 2 heterocycles. The molecule has 0 unspecified atom stereocenters. The molecule has 8 nitrogen and oxygen atoms in total. The largest absolute Gasteiger partial charge is 0.332 e. The van der Waals surface area contributed by atoms with Crippen LogP contribution in [0.4, 0.5) is 5.95 Å². The lowest BCUT2D eigenvalue weighted by molar-refractivity contribution is 0.700. The number of nitrogens with one attached hydrogen (secondary N) is 1. The Morgan fingerprint density at radius 3 is 2.64 bits per heavy atom. The molecule has 0 aliphatic carbocycles. The van der Waals surface area contributed by atoms with Crippen LogP contribution < -0.4 is 16.7 Å². The fourth-order valence-corrected chi connectivity index (χ4v) is 2.76. The van der Waals surface area contributed by atoms with Crippen molar-refractivity contribution < 1.29 is 0 Å². The van der Waals surface area contributed by atoms with Gasteiger partial charge in [-0.05, 0) is 13.0 Å². The molecule has 3 rings (SSSR count). The van der Waals surface area contributed by atoms with Gasteiger partial charge in [-0.15, -0.1) is 0 Å². The summed E-state index contributed by atoms with van der Waals surface area (Å²) in [6, 6.07) is 7.29. The normalized spacial score (nSPS) is 11.5. The van der Waals surface area contributed by atoms with E-state index in [0.717, 1.165) is 10.1 Å². The summed E-state index contributed by atoms with van der Waals surface area (Å²) in [6.07, 6.45) is 1.57. The molecule has 2 aromatic heterocycles. The smallest absolute Gasteiger partial charge is 0.303 e. The highest BCUT2D eigenvalue weighted by Crippen LogP contribution is 2.16. The predicted molar refractivity (Wildman–Crippen MR) is 98.6 cm³/mol. The Labute approximate surface area is 148 Å². The van der Waals surface area contributed by atoms with Gasteiger partial charge in [-0.2, -0.15) is 10.1 Å². The van der Waals surface area contributed by atoms with Crippen molar-refractivity contribution in [2.75, 3.05) is 5.43 Å². The number of nitrogens with zero attached hydrogens (tertiary/aromatic N) is 5. The second-order valence-corrected chi connectivity index (χ2v) is 5.86. The van der Waals surface area contributed by atoms with Gasteiger partial charge in [0.25, 0.3) is 5.56 Å². The molecule has 1 N–H and O–H groups in total. The van der Waals surface area contributed by atoms with Crippen LogP contribution in [-0.4, -0.2) is 24.9 Å². The number of imidazole rings is 1. The monoisotopic (exact) mass is 360 g/mol. The van der Waals surface area contributed by atoms with E-state index in [-0.39, 0.29) is 0 Å². The second kappa shape index (κ2) is 6.56. The number of aromatic nitrogens is 4. The van der Waals surface area contributed by atoms with Crippen LogP contribution in [-0.2, 0) is 20.6 Å². The van der Waals surface area contributed by atoms with Gasteiger partial charge < -0.3 is 4.57 Å². The van der Waals surface area contributed by atoms with E-state index in [1.807, 2.05) is 25.1 Å². The SMILES string of the molecule is CCn1c(N/N=C/c2ccccc2Cl)nc2c1c(=O)n(C)c(=O)n2C. The van der Waals surface area contributed by atoms with Crippen molar-refractivity contribution in [3.8, 4) is 0 Å². The summed E-state index contributed by atoms with van der Waals surface area (Å²) in [5, 5.41) is 4.72. The number of hydrazone groups is 1. The van der Waals surface area contributed by atoms with E-state index < -0.39 is 11.2 Å². The number of benzene rings is 1. The molecule has 1 aromatic carbocycles. The van der Waals surface area contributed by atoms with Gasteiger partial charge in [-0.3, -0.25) is 13.9 Å². The van der Waals surface area contributed by atoms with E-state index in [0.29, 0.717) is 28.7 Å². The molecule has 0 spiro atoms. The lowest BCUT2D eigenvalue weighted by Crippen LogP contribution is -2.37. The second-order valence-electron chi connectivity index (χ2n) is 5.45. The minimum absolute atomic E-state index is 0.311. The molecule has 9 heteroatoms. The average molecular weight is 361 g/mol. The van der Waals surface area contributed by atoms with E-state index in [9.17, 15) is 9.59 Å². The molecule has 0 aliphatic heterocycles. The molecule has 0 atom stereocenters. The number of rotatable bonds is 4. The van der Waals surface area contributed by atoms with E-state index in [1.54, 1.807) is 23.9 Å². The summed E-state index contributed by atoms with van der Waals surface area (Å²) < 4.78 is 4.08. The van der Waals surface area contributed by atoms with Crippen molar-refractivity contribution in [2.45, 2.75) is 13.5 Å². The van der Waals surface area contributed by atoms with Crippen molar-refractivity contribution in [1.82, 2.24) is 18.7 Å². The average Bonchev–Trinajstić information content (AvgIpc) is 2.98. The summed E-state index contributed by atoms with van der Waals surface area (Å²) in [4.78, 5) is 28.9. The Hall–Kier alpha value is -2.87. The molecule has 0 aliphatic rings. The molecular weight excluding hydrogens is 344 g/mol. The molecule has 25 heavy (non-hydrogen) atoms. The van der Waals surface area contributed by atoms with Crippen molar-refractivity contribution in [2.24, 2.45) is 19.2 Å². The predicted octanol–water partition coefficient (Wildman–Crippen LogP) is 1.55. The number of hydrogen-bond acceptors (Lipinski definition) is 5. The van der Waals surface area contributed by atoms with Crippen LogP contribution in [0.1, 0.15) is 12.5 Å². The molecule has 0 fully saturated rings. The highest BCUT2D eigenvalue weighted by molar-refractivity contribution is 6.33. The molecule has 0 radical (unpaired) electrons. The zero-order valence-electron chi connectivity index (χ0n) is 14.0. The molecule has 130 valence electrons. The van der Waals surface area contributed by atoms with Crippen LogP contribution in [0, 0.1) is 0 Å². The minimum Gasteiger partial charge on any atom is -0.303 e. The molecule has 0 saturated carbocycles. The number of hydrogen-bond donors (Lipinski definition) is 1. The van der Waals surface area contributed by atoms with Crippen LogP contribution in [0.25, 0.3) is 11.2 Å². The summed E-state index contributed by atoms with van der Waals surface area (Å²) >= 11 is 6.08. The van der Waals surface area contributed by atoms with Crippen molar-refractivity contribution >= 4 is 34.9 Å². The van der Waals surface area contributed by atoms with E-state index in [1.165, 1.54) is 11.6 Å². The first kappa shape index (κ1) is 17.0. The number of aryl methyl sites for hydroxylation is 2. The summed E-state index contributed by atoms with van der Waals surface area (Å²) in [5.41, 5.74) is 3.41. The van der Waals surface area contributed by atoms with Gasteiger partial charge in [0.15, 0.2) is 11.2 Å². The van der Waals surface area contributed by atoms with Gasteiger partial charge in [0.2, 0.25) is 5.95 Å². The van der Waals surface area contributed by atoms with Crippen LogP contribution >= 0.6 is 11.6 Å². The Morgan fingerprint density at radius 2 is 1.96 bits per heavy atom. The van der Waals surface area contributed by atoms with Crippen LogP contribution in [0.5, 0.6) is 0 Å². The fraction of sp³-hybridized carbons (Fsp3) is 0.250. The topological polar surface area (TPSA) is 86.2 Å². The first-order valence-electron chi connectivity index (χ1n) is 7.65. The minimum atomic E-state index is -0.427. The molecule has 3 aromatic rings. The summed E-state index contributed by atoms with van der Waals surface area (Å²) in [7, 11) is 3.02. The lowest BCUT2D eigenvalue weighted by atomic mass is 10.2. The zero-order valence-corrected chi connectivity index (χ0v) is 14.8. The van der Waals surface area contributed by atoms with Gasteiger partial charge >= 0.3 is 5.69 Å². The fourth-order valence-electron chi connectivity index (χ4n) is 2.58. The zero-order chi connectivity index (χ0) is 18.1. The van der Waals surface area contributed by atoms with Gasteiger partial charge in [-0.1, -0.05) is 29.8 Å². The molecule has 0 amide bonds. The number of anilines is 1. The summed E-state index contributed by atoms with van der Waals surface area (Å²) in [6.45, 7) is 2.38. The molecule has 0 saturated heterocycles. The van der Waals surface area contributed by atoms with Crippen molar-refractivity contribution in [3.05, 3.63) is 55.7 Å². The Kier molecular flexibility index (Phi) is 4.45. The van der Waals surface area contributed by atoms with Gasteiger partial charge in [0, 0.05) is 31.2 Å². The van der Waals surface area contributed by atoms with E-state index in [4.69, 9.17) is 11.6 Å². The van der Waals surface area contributed by atoms with Crippen LogP contribution in [0.15, 0.2) is 39.0 Å². The van der Waals surface area contributed by atoms with Crippen LogP contribution in [0.2, 0.25) is 5.02 Å². The third-order valence-corrected chi connectivity index (χ3v) is 4.28. The first-order chi connectivity index (χ1) is 12.0. The quantitative estimate of drug-likeness (QED) is 0.565. The first-order valence-corrected chi connectivity index (χ1v) is 8.03. The van der Waals surface area contributed by atoms with Crippen molar-refractivity contribution in [3.63, 3.8) is 0 Å². The maximum absolute atomic E-state index is 12.4. The van der Waals surface area contributed by atoms with Gasteiger partial charge in [-0.25, -0.2) is 10.2 Å². The molecular formula is C16H17ClN6O2. The third-order valence-electron chi connectivity index (χ3n) is 3.94. The number of fused-ring (bicyclic) bond motifs is 1. The third kappa shape index (κ3) is 2.85.